The lowest BCUT2D eigenvalue weighted by Crippen LogP contribution is -2.48. The quantitative estimate of drug-likeness (QED) is 0.368. The van der Waals surface area contributed by atoms with Crippen molar-refractivity contribution in [2.45, 2.75) is 4.21 Å². The molecule has 2 aromatic heterocycles. The minimum atomic E-state index is -3.58. The van der Waals surface area contributed by atoms with Gasteiger partial charge >= 0.3 is 0 Å². The fourth-order valence-electron chi connectivity index (χ4n) is 3.99. The number of phenols is 1. The van der Waals surface area contributed by atoms with E-state index in [1.807, 2.05) is 30.3 Å². The van der Waals surface area contributed by atoms with Crippen molar-refractivity contribution < 1.29 is 18.3 Å². The largest absolute Gasteiger partial charge is 0.508 e. The molecule has 0 spiro atoms. The third-order valence-corrected chi connectivity index (χ3v) is 9.43. The highest BCUT2D eigenvalue weighted by atomic mass is 32.2. The van der Waals surface area contributed by atoms with Crippen molar-refractivity contribution in [3.05, 3.63) is 90.6 Å². The lowest BCUT2D eigenvalue weighted by atomic mass is 10.1. The highest BCUT2D eigenvalue weighted by Gasteiger charge is 2.30. The van der Waals surface area contributed by atoms with Crippen molar-refractivity contribution in [2.24, 2.45) is 0 Å². The number of carbonyl (C=O) groups excluding carboxylic acids is 1. The lowest BCUT2D eigenvalue weighted by molar-refractivity contribution is 0.102. The second-order valence-electron chi connectivity index (χ2n) is 8.27. The predicted molar refractivity (Wildman–Crippen MR) is 141 cm³/mol. The summed E-state index contributed by atoms with van der Waals surface area (Å²) in [5, 5.41) is 12.2. The van der Waals surface area contributed by atoms with Crippen molar-refractivity contribution in [1.82, 2.24) is 9.29 Å². The Balaban J connectivity index is 1.20. The number of piperazine rings is 1. The zero-order valence-corrected chi connectivity index (χ0v) is 20.9. The van der Waals surface area contributed by atoms with Crippen LogP contribution < -0.4 is 10.2 Å². The van der Waals surface area contributed by atoms with E-state index in [0.717, 1.165) is 16.3 Å². The van der Waals surface area contributed by atoms with Gasteiger partial charge in [0.2, 0.25) is 0 Å². The summed E-state index contributed by atoms with van der Waals surface area (Å²) < 4.78 is 28.2. The minimum absolute atomic E-state index is 0.134. The first-order valence-electron chi connectivity index (χ1n) is 11.4. The van der Waals surface area contributed by atoms with Crippen LogP contribution in [0.2, 0.25) is 0 Å². The molecule has 2 N–H and O–H groups in total. The molecule has 5 rings (SSSR count). The van der Waals surface area contributed by atoms with E-state index in [1.54, 1.807) is 42.6 Å². The molecule has 10 heteroatoms. The third-order valence-electron chi connectivity index (χ3n) is 5.95. The van der Waals surface area contributed by atoms with Crippen LogP contribution in [0.5, 0.6) is 5.75 Å². The molecular formula is C26H24N4O4S2. The maximum Gasteiger partial charge on any atom is 0.255 e. The average Bonchev–Trinajstić information content (AvgIpc) is 3.42. The van der Waals surface area contributed by atoms with Crippen LogP contribution in [0.3, 0.4) is 0 Å². The van der Waals surface area contributed by atoms with Crippen LogP contribution in [0, 0.1) is 0 Å². The van der Waals surface area contributed by atoms with Crippen LogP contribution in [0.15, 0.2) is 89.3 Å². The molecule has 4 aromatic rings. The van der Waals surface area contributed by atoms with E-state index in [9.17, 15) is 18.3 Å². The van der Waals surface area contributed by atoms with Gasteiger partial charge in [-0.25, -0.2) is 8.42 Å². The van der Waals surface area contributed by atoms with Gasteiger partial charge in [-0.15, -0.1) is 11.3 Å². The summed E-state index contributed by atoms with van der Waals surface area (Å²) in [6, 6.07) is 22.5. The minimum Gasteiger partial charge on any atom is -0.508 e. The molecule has 0 radical (unpaired) electrons. The van der Waals surface area contributed by atoms with E-state index >= 15 is 0 Å². The standard InChI is InChI=1S/C26H24N4O4S2/c31-22-10-6-20(7-11-22)28-26(32)19-4-8-21(9-5-19)29-15-17-30(18-16-29)36(33,34)25-13-12-24(35-25)23-3-1-2-14-27-23/h1-14,31H,15-18H2,(H,28,32). The molecule has 184 valence electrons. The maximum absolute atomic E-state index is 13.2. The summed E-state index contributed by atoms with van der Waals surface area (Å²) in [6.45, 7) is 1.86. The SMILES string of the molecule is O=C(Nc1ccc(O)cc1)c1ccc(N2CCN(S(=O)(=O)c3ccc(-c4ccccn4)s3)CC2)cc1. The van der Waals surface area contributed by atoms with Gasteiger partial charge < -0.3 is 15.3 Å². The number of sulfonamides is 1. The summed E-state index contributed by atoms with van der Waals surface area (Å²) >= 11 is 1.23. The zero-order chi connectivity index (χ0) is 25.1. The van der Waals surface area contributed by atoms with E-state index in [4.69, 9.17) is 0 Å². The Kier molecular flexibility index (Phi) is 6.73. The van der Waals surface area contributed by atoms with Gasteiger partial charge in [0.25, 0.3) is 15.9 Å². The topological polar surface area (TPSA) is 103 Å². The predicted octanol–water partition coefficient (Wildman–Crippen LogP) is 4.28. The van der Waals surface area contributed by atoms with Crippen molar-refractivity contribution in [2.75, 3.05) is 36.4 Å². The lowest BCUT2D eigenvalue weighted by Gasteiger charge is -2.35. The number of aromatic hydroxyl groups is 1. The van der Waals surface area contributed by atoms with Crippen molar-refractivity contribution >= 4 is 38.6 Å². The molecule has 0 saturated carbocycles. The van der Waals surface area contributed by atoms with Crippen LogP contribution in [0.25, 0.3) is 10.6 Å². The number of thiophene rings is 1. The van der Waals surface area contributed by atoms with E-state index in [0.29, 0.717) is 41.6 Å². The van der Waals surface area contributed by atoms with Gasteiger partial charge in [0, 0.05) is 49.3 Å². The molecule has 1 aliphatic rings. The first-order chi connectivity index (χ1) is 17.4. The Morgan fingerprint density at radius 2 is 1.61 bits per heavy atom. The monoisotopic (exact) mass is 520 g/mol. The second-order valence-corrected chi connectivity index (χ2v) is 11.5. The number of carbonyl (C=O) groups is 1. The van der Waals surface area contributed by atoms with E-state index in [-0.39, 0.29) is 11.7 Å². The Morgan fingerprint density at radius 1 is 0.889 bits per heavy atom. The number of hydrogen-bond donors (Lipinski definition) is 2. The molecule has 1 aliphatic heterocycles. The molecule has 0 atom stereocenters. The van der Waals surface area contributed by atoms with Crippen LogP contribution in [-0.4, -0.2) is 54.9 Å². The summed E-state index contributed by atoms with van der Waals surface area (Å²) in [5.41, 5.74) is 2.79. The fourth-order valence-corrected chi connectivity index (χ4v) is 6.85. The number of pyridine rings is 1. The normalized spacial score (nSPS) is 14.5. The van der Waals surface area contributed by atoms with Gasteiger partial charge in [-0.3, -0.25) is 9.78 Å². The maximum atomic E-state index is 13.2. The smallest absolute Gasteiger partial charge is 0.255 e. The first-order valence-corrected chi connectivity index (χ1v) is 13.6. The van der Waals surface area contributed by atoms with Crippen molar-refractivity contribution in [1.29, 1.82) is 0 Å². The van der Waals surface area contributed by atoms with Gasteiger partial charge in [0.1, 0.15) is 9.96 Å². The zero-order valence-electron chi connectivity index (χ0n) is 19.2. The average molecular weight is 521 g/mol. The third kappa shape index (κ3) is 5.11. The number of nitrogens with zero attached hydrogens (tertiary/aromatic N) is 3. The Hall–Kier alpha value is -3.73. The number of amides is 1. The van der Waals surface area contributed by atoms with Gasteiger partial charge in [-0.2, -0.15) is 4.31 Å². The molecule has 1 fully saturated rings. The highest BCUT2D eigenvalue weighted by molar-refractivity contribution is 7.91. The Labute approximate surface area is 213 Å². The Morgan fingerprint density at radius 3 is 2.28 bits per heavy atom. The summed E-state index contributed by atoms with van der Waals surface area (Å²) in [5.74, 6) is -0.112. The number of anilines is 2. The molecule has 0 unspecified atom stereocenters. The van der Waals surface area contributed by atoms with Crippen LogP contribution >= 0.6 is 11.3 Å². The van der Waals surface area contributed by atoms with Crippen LogP contribution in [-0.2, 0) is 10.0 Å². The van der Waals surface area contributed by atoms with E-state index in [1.165, 1.54) is 27.8 Å². The number of nitrogens with one attached hydrogen (secondary N) is 1. The number of hydrogen-bond acceptors (Lipinski definition) is 7. The molecule has 1 saturated heterocycles. The van der Waals surface area contributed by atoms with E-state index < -0.39 is 10.0 Å². The van der Waals surface area contributed by atoms with E-state index in [2.05, 4.69) is 15.2 Å². The summed E-state index contributed by atoms with van der Waals surface area (Å²) in [4.78, 5) is 19.7. The molecule has 1 amide bonds. The van der Waals surface area contributed by atoms with Crippen LogP contribution in [0.1, 0.15) is 10.4 Å². The van der Waals surface area contributed by atoms with Crippen molar-refractivity contribution in [3.63, 3.8) is 0 Å². The first kappa shape index (κ1) is 24.0. The van der Waals surface area contributed by atoms with Gasteiger partial charge in [0.05, 0.1) is 10.6 Å². The van der Waals surface area contributed by atoms with Gasteiger partial charge in [-0.05, 0) is 72.8 Å². The Bertz CT molecular complexity index is 1450. The fraction of sp³-hybridized carbons (Fsp3) is 0.154. The number of benzene rings is 2. The molecule has 3 heterocycles. The molecule has 0 bridgehead atoms. The number of rotatable bonds is 6. The molecular weight excluding hydrogens is 496 g/mol. The van der Waals surface area contributed by atoms with Crippen LogP contribution in [0.4, 0.5) is 11.4 Å². The van der Waals surface area contributed by atoms with Gasteiger partial charge in [0.15, 0.2) is 0 Å². The number of aromatic nitrogens is 1. The molecule has 0 aliphatic carbocycles. The molecule has 2 aromatic carbocycles. The number of phenolic OH excluding ortho intramolecular Hbond substituents is 1. The second kappa shape index (κ2) is 10.1. The highest BCUT2D eigenvalue weighted by Crippen LogP contribution is 2.32. The summed E-state index contributed by atoms with van der Waals surface area (Å²) in [6.07, 6.45) is 1.69. The summed E-state index contributed by atoms with van der Waals surface area (Å²) in [7, 11) is -3.58. The molecule has 36 heavy (non-hydrogen) atoms. The van der Waals surface area contributed by atoms with Crippen molar-refractivity contribution in [3.8, 4) is 16.3 Å². The molecule has 8 nitrogen and oxygen atoms in total. The van der Waals surface area contributed by atoms with Gasteiger partial charge in [-0.1, -0.05) is 6.07 Å².